The van der Waals surface area contributed by atoms with Crippen LogP contribution in [0.4, 0.5) is 0 Å². The van der Waals surface area contributed by atoms with Crippen molar-refractivity contribution in [1.29, 1.82) is 0 Å². The number of benzene rings is 2. The van der Waals surface area contributed by atoms with E-state index in [-0.39, 0.29) is 5.41 Å². The van der Waals surface area contributed by atoms with E-state index in [9.17, 15) is 0 Å². The van der Waals surface area contributed by atoms with Crippen molar-refractivity contribution in [2.45, 2.75) is 40.0 Å². The third-order valence-electron chi connectivity index (χ3n) is 3.83. The number of hydrogen-bond acceptors (Lipinski definition) is 0. The van der Waals surface area contributed by atoms with E-state index in [1.54, 1.807) is 0 Å². The lowest BCUT2D eigenvalue weighted by Crippen LogP contribution is -2.09. The largest absolute Gasteiger partial charge is 0.361 e. The number of aromatic nitrogens is 1. The van der Waals surface area contributed by atoms with Crippen LogP contribution in [0.3, 0.4) is 0 Å². The molecule has 1 nitrogen and oxygen atoms in total. The lowest BCUT2D eigenvalue weighted by atomic mass is 9.89. The summed E-state index contributed by atoms with van der Waals surface area (Å²) >= 11 is 0. The molecule has 1 N–H and O–H groups in total. The zero-order chi connectivity index (χ0) is 16.9. The second-order valence-corrected chi connectivity index (χ2v) is 6.50. The number of hydrogen-bond donors (Lipinski definition) is 1. The molecule has 3 rings (SSSR count). The zero-order valence-corrected chi connectivity index (χ0v) is 14.9. The number of rotatable bonds is 2. The van der Waals surface area contributed by atoms with Crippen LogP contribution in [0.5, 0.6) is 0 Å². The van der Waals surface area contributed by atoms with Gasteiger partial charge >= 0.3 is 0 Å². The molecule has 0 saturated carbocycles. The van der Waals surface area contributed by atoms with Crippen molar-refractivity contribution in [2.75, 3.05) is 0 Å². The Balaban J connectivity index is 0.000000924. The van der Waals surface area contributed by atoms with Gasteiger partial charge in [-0.1, -0.05) is 83.1 Å². The van der Waals surface area contributed by atoms with Gasteiger partial charge in [-0.15, -0.1) is 0 Å². The van der Waals surface area contributed by atoms with E-state index < -0.39 is 0 Å². The van der Waals surface area contributed by atoms with E-state index in [0.29, 0.717) is 0 Å². The van der Waals surface area contributed by atoms with E-state index in [0.717, 1.165) is 0 Å². The lowest BCUT2D eigenvalue weighted by molar-refractivity contribution is 0.591. The van der Waals surface area contributed by atoms with Gasteiger partial charge in [0.1, 0.15) is 0 Å². The van der Waals surface area contributed by atoms with Gasteiger partial charge in [0, 0.05) is 11.9 Å². The SMILES string of the molecule is CC.CC(C)(C)c1c[nH]c(-c2cccc(-c3ccccc3)c2)c1. The molecular formula is C22H27N. The van der Waals surface area contributed by atoms with E-state index in [1.807, 2.05) is 19.9 Å². The van der Waals surface area contributed by atoms with Gasteiger partial charge in [-0.25, -0.2) is 0 Å². The highest BCUT2D eigenvalue weighted by Gasteiger charge is 2.15. The van der Waals surface area contributed by atoms with Gasteiger partial charge in [0.2, 0.25) is 0 Å². The van der Waals surface area contributed by atoms with Gasteiger partial charge in [0.05, 0.1) is 0 Å². The van der Waals surface area contributed by atoms with Crippen LogP contribution in [-0.2, 0) is 5.41 Å². The molecule has 3 aromatic rings. The molecule has 0 aliphatic rings. The van der Waals surface area contributed by atoms with E-state index in [4.69, 9.17) is 0 Å². The zero-order valence-electron chi connectivity index (χ0n) is 14.9. The molecule has 0 spiro atoms. The smallest absolute Gasteiger partial charge is 0.0457 e. The van der Waals surface area contributed by atoms with E-state index in [1.165, 1.54) is 27.9 Å². The summed E-state index contributed by atoms with van der Waals surface area (Å²) in [5.74, 6) is 0. The Hall–Kier alpha value is -2.28. The third-order valence-corrected chi connectivity index (χ3v) is 3.83. The van der Waals surface area contributed by atoms with Crippen molar-refractivity contribution in [3.05, 3.63) is 72.4 Å². The van der Waals surface area contributed by atoms with E-state index >= 15 is 0 Å². The quantitative estimate of drug-likeness (QED) is 0.544. The summed E-state index contributed by atoms with van der Waals surface area (Å²) in [7, 11) is 0. The van der Waals surface area contributed by atoms with Crippen molar-refractivity contribution in [3.8, 4) is 22.4 Å². The van der Waals surface area contributed by atoms with Gasteiger partial charge in [0.15, 0.2) is 0 Å². The lowest BCUT2D eigenvalue weighted by Gasteiger charge is -2.15. The first-order valence-electron chi connectivity index (χ1n) is 8.39. The van der Waals surface area contributed by atoms with Crippen LogP contribution in [-0.4, -0.2) is 4.98 Å². The average molecular weight is 305 g/mol. The Labute approximate surface area is 140 Å². The molecule has 0 amide bonds. The monoisotopic (exact) mass is 305 g/mol. The predicted octanol–water partition coefficient (Wildman–Crippen LogP) is 6.67. The molecule has 1 heteroatoms. The summed E-state index contributed by atoms with van der Waals surface area (Å²) in [4.78, 5) is 3.41. The second-order valence-electron chi connectivity index (χ2n) is 6.50. The second kappa shape index (κ2) is 7.32. The van der Waals surface area contributed by atoms with Crippen molar-refractivity contribution in [3.63, 3.8) is 0 Å². The van der Waals surface area contributed by atoms with Crippen molar-refractivity contribution in [2.24, 2.45) is 0 Å². The van der Waals surface area contributed by atoms with Crippen molar-refractivity contribution in [1.82, 2.24) is 4.98 Å². The highest BCUT2D eigenvalue weighted by Crippen LogP contribution is 2.29. The molecule has 0 bridgehead atoms. The number of aromatic amines is 1. The molecule has 0 saturated heterocycles. The summed E-state index contributed by atoms with van der Waals surface area (Å²) in [6.07, 6.45) is 2.12. The third kappa shape index (κ3) is 4.13. The van der Waals surface area contributed by atoms with Gasteiger partial charge in [-0.2, -0.15) is 0 Å². The normalized spacial score (nSPS) is 10.8. The minimum absolute atomic E-state index is 0.172. The topological polar surface area (TPSA) is 15.8 Å². The Bertz CT molecular complexity index is 730. The van der Waals surface area contributed by atoms with Crippen molar-refractivity contribution < 1.29 is 0 Å². The molecule has 1 aromatic heterocycles. The Morgan fingerprint density at radius 2 is 1.30 bits per heavy atom. The standard InChI is InChI=1S/C20H21N.C2H6/c1-20(2,3)18-13-19(21-14-18)17-11-7-10-16(12-17)15-8-5-4-6-9-15;1-2/h4-14,21H,1-3H3;1-2H3. The fraction of sp³-hybridized carbons (Fsp3) is 0.273. The molecule has 1 heterocycles. The fourth-order valence-electron chi connectivity index (χ4n) is 2.49. The maximum Gasteiger partial charge on any atom is 0.0457 e. The van der Waals surface area contributed by atoms with Gasteiger partial charge in [-0.05, 0) is 39.8 Å². The first-order chi connectivity index (χ1) is 11.0. The molecule has 23 heavy (non-hydrogen) atoms. The molecule has 0 aliphatic heterocycles. The van der Waals surface area contributed by atoms with Crippen molar-refractivity contribution >= 4 is 0 Å². The van der Waals surface area contributed by atoms with E-state index in [2.05, 4.69) is 86.5 Å². The summed E-state index contributed by atoms with van der Waals surface area (Å²) in [5.41, 5.74) is 6.42. The molecule has 2 aromatic carbocycles. The van der Waals surface area contributed by atoms with Crippen LogP contribution >= 0.6 is 0 Å². The Morgan fingerprint density at radius 3 is 1.91 bits per heavy atom. The summed E-state index contributed by atoms with van der Waals surface area (Å²) < 4.78 is 0. The van der Waals surface area contributed by atoms with Gasteiger partial charge in [0.25, 0.3) is 0 Å². The Kier molecular flexibility index (Phi) is 5.44. The molecule has 0 aliphatic carbocycles. The van der Waals surface area contributed by atoms with Crippen LogP contribution in [0.2, 0.25) is 0 Å². The van der Waals surface area contributed by atoms with Crippen LogP contribution < -0.4 is 0 Å². The summed E-state index contributed by atoms with van der Waals surface area (Å²) in [5, 5.41) is 0. The molecule has 0 unspecified atom stereocenters. The maximum absolute atomic E-state index is 3.41. The van der Waals surface area contributed by atoms with Crippen LogP contribution in [0, 0.1) is 0 Å². The number of H-pyrrole nitrogens is 1. The van der Waals surface area contributed by atoms with Crippen LogP contribution in [0.25, 0.3) is 22.4 Å². The highest BCUT2D eigenvalue weighted by molar-refractivity contribution is 5.71. The maximum atomic E-state index is 3.41. The van der Waals surface area contributed by atoms with Crippen LogP contribution in [0.1, 0.15) is 40.2 Å². The van der Waals surface area contributed by atoms with Gasteiger partial charge in [-0.3, -0.25) is 0 Å². The fourth-order valence-corrected chi connectivity index (χ4v) is 2.49. The minimum atomic E-state index is 0.172. The van der Waals surface area contributed by atoms with Crippen LogP contribution in [0.15, 0.2) is 66.9 Å². The van der Waals surface area contributed by atoms with Gasteiger partial charge < -0.3 is 4.98 Å². The predicted molar refractivity (Wildman–Crippen MR) is 102 cm³/mol. The number of nitrogens with one attached hydrogen (secondary N) is 1. The molecular weight excluding hydrogens is 278 g/mol. The summed E-state index contributed by atoms with van der Waals surface area (Å²) in [6.45, 7) is 10.7. The molecule has 0 atom stereocenters. The highest BCUT2D eigenvalue weighted by atomic mass is 14.7. The molecule has 0 fully saturated rings. The first-order valence-corrected chi connectivity index (χ1v) is 8.39. The molecule has 120 valence electrons. The average Bonchev–Trinajstić information content (AvgIpc) is 3.08. The minimum Gasteiger partial charge on any atom is -0.361 e. The molecule has 0 radical (unpaired) electrons. The first kappa shape index (κ1) is 17.1. The Morgan fingerprint density at radius 1 is 0.696 bits per heavy atom. The summed E-state index contributed by atoms with van der Waals surface area (Å²) in [6, 6.07) is 21.4.